The molecule has 0 saturated heterocycles. The second-order valence-electron chi connectivity index (χ2n) is 6.11. The van der Waals surface area contributed by atoms with Crippen LogP contribution in [0.25, 0.3) is 10.8 Å². The molecule has 1 aliphatic heterocycles. The molecule has 0 bridgehead atoms. The van der Waals surface area contributed by atoms with Crippen LogP contribution in [0.3, 0.4) is 0 Å². The third-order valence-electron chi connectivity index (χ3n) is 4.57. The van der Waals surface area contributed by atoms with Gasteiger partial charge in [-0.1, -0.05) is 28.1 Å². The van der Waals surface area contributed by atoms with E-state index in [1.807, 2.05) is 0 Å². The first-order chi connectivity index (χ1) is 13.3. The van der Waals surface area contributed by atoms with Crippen LogP contribution in [0.1, 0.15) is 41.4 Å². The Bertz CT molecular complexity index is 1210. The first-order valence-corrected chi connectivity index (χ1v) is 8.81. The van der Waals surface area contributed by atoms with Crippen molar-refractivity contribution in [3.8, 4) is 0 Å². The fourth-order valence-corrected chi connectivity index (χ4v) is 3.77. The lowest BCUT2D eigenvalue weighted by Gasteiger charge is -2.28. The number of carbonyl (C=O) groups is 4. The zero-order valence-electron chi connectivity index (χ0n) is 14.0. The molecule has 1 heterocycles. The van der Waals surface area contributed by atoms with E-state index in [4.69, 9.17) is 0 Å². The van der Waals surface area contributed by atoms with Crippen LogP contribution in [0.4, 0.5) is 5.69 Å². The number of imide groups is 1. The second-order valence-corrected chi connectivity index (χ2v) is 6.97. The monoisotopic (exact) mass is 439 g/mol. The molecule has 7 nitrogen and oxygen atoms in total. The van der Waals surface area contributed by atoms with Crippen LogP contribution < -0.4 is 4.90 Å². The van der Waals surface area contributed by atoms with Gasteiger partial charge in [0.1, 0.15) is 0 Å². The number of halogens is 1. The zero-order chi connectivity index (χ0) is 20.2. The normalized spacial score (nSPS) is 13.1. The molecule has 2 N–H and O–H groups in total. The Hall–Kier alpha value is -3.52. The van der Waals surface area contributed by atoms with E-state index in [0.29, 0.717) is 15.2 Å². The average molecular weight is 440 g/mol. The maximum atomic E-state index is 13.1. The summed E-state index contributed by atoms with van der Waals surface area (Å²) in [4.78, 5) is 50.0. The van der Waals surface area contributed by atoms with Gasteiger partial charge in [0, 0.05) is 21.0 Å². The summed E-state index contributed by atoms with van der Waals surface area (Å²) >= 11 is 3.40. The quantitative estimate of drug-likeness (QED) is 0.600. The van der Waals surface area contributed by atoms with E-state index in [2.05, 4.69) is 15.9 Å². The number of carbonyl (C=O) groups excluding carboxylic acids is 2. The minimum atomic E-state index is -1.38. The number of carboxylic acid groups (broad SMARTS) is 2. The van der Waals surface area contributed by atoms with Crippen molar-refractivity contribution in [3.05, 3.63) is 75.3 Å². The Labute approximate surface area is 165 Å². The van der Waals surface area contributed by atoms with Crippen LogP contribution >= 0.6 is 15.9 Å². The largest absolute Gasteiger partial charge is 0.478 e. The van der Waals surface area contributed by atoms with Gasteiger partial charge in [-0.05, 0) is 41.8 Å². The maximum absolute atomic E-state index is 13.1. The number of carboxylic acids is 2. The van der Waals surface area contributed by atoms with Gasteiger partial charge in [0.2, 0.25) is 0 Å². The number of rotatable bonds is 3. The molecule has 0 aliphatic carbocycles. The Balaban J connectivity index is 2.01. The number of anilines is 1. The number of hydrogen-bond donors (Lipinski definition) is 2. The highest BCUT2D eigenvalue weighted by molar-refractivity contribution is 9.10. The van der Waals surface area contributed by atoms with Gasteiger partial charge in [-0.25, -0.2) is 14.5 Å². The molecule has 28 heavy (non-hydrogen) atoms. The summed E-state index contributed by atoms with van der Waals surface area (Å²) in [5.74, 6) is -4.12. The molecule has 8 heteroatoms. The molecule has 0 unspecified atom stereocenters. The van der Waals surface area contributed by atoms with Crippen LogP contribution in [-0.2, 0) is 0 Å². The number of hydrogen-bond acceptors (Lipinski definition) is 4. The van der Waals surface area contributed by atoms with Crippen LogP contribution in [0.5, 0.6) is 0 Å². The van der Waals surface area contributed by atoms with Crippen molar-refractivity contribution in [2.24, 2.45) is 0 Å². The van der Waals surface area contributed by atoms with Gasteiger partial charge in [0.25, 0.3) is 11.8 Å². The van der Waals surface area contributed by atoms with E-state index < -0.39 is 23.8 Å². The van der Waals surface area contributed by atoms with E-state index >= 15 is 0 Å². The number of aromatic carboxylic acids is 2. The molecule has 3 aromatic carbocycles. The van der Waals surface area contributed by atoms with Crippen molar-refractivity contribution in [1.29, 1.82) is 0 Å². The average Bonchev–Trinajstić information content (AvgIpc) is 2.67. The van der Waals surface area contributed by atoms with Crippen molar-refractivity contribution >= 4 is 56.1 Å². The second kappa shape index (κ2) is 6.28. The summed E-state index contributed by atoms with van der Waals surface area (Å²) in [6, 6.07) is 11.4. The molecular formula is C20H10BrNO6. The Morgan fingerprint density at radius 3 is 2.18 bits per heavy atom. The molecule has 0 atom stereocenters. The third-order valence-corrected chi connectivity index (χ3v) is 5.26. The first-order valence-electron chi connectivity index (χ1n) is 8.02. The molecule has 138 valence electrons. The Morgan fingerprint density at radius 1 is 0.857 bits per heavy atom. The predicted molar refractivity (Wildman–Crippen MR) is 103 cm³/mol. The highest BCUT2D eigenvalue weighted by Gasteiger charge is 2.36. The van der Waals surface area contributed by atoms with E-state index in [1.165, 1.54) is 0 Å². The molecule has 0 saturated carbocycles. The van der Waals surface area contributed by atoms with E-state index in [-0.39, 0.29) is 27.9 Å². The van der Waals surface area contributed by atoms with Crippen molar-refractivity contribution in [2.45, 2.75) is 0 Å². The third kappa shape index (κ3) is 2.49. The highest BCUT2D eigenvalue weighted by atomic mass is 79.9. The summed E-state index contributed by atoms with van der Waals surface area (Å²) in [6.07, 6.45) is 0. The first kappa shape index (κ1) is 17.9. The number of amides is 2. The molecular weight excluding hydrogens is 430 g/mol. The van der Waals surface area contributed by atoms with Gasteiger partial charge >= 0.3 is 11.9 Å². The van der Waals surface area contributed by atoms with Gasteiger partial charge < -0.3 is 10.2 Å². The Morgan fingerprint density at radius 2 is 1.54 bits per heavy atom. The lowest BCUT2D eigenvalue weighted by Crippen LogP contribution is -2.41. The predicted octanol–water partition coefficient (Wildman–Crippen LogP) is 3.80. The summed E-state index contributed by atoms with van der Waals surface area (Å²) < 4.78 is 0.709. The molecule has 0 fully saturated rings. The standard InChI is InChI=1S/C20H10BrNO6/c21-14-7-6-13-16-10(14)2-1-3-12(16)17(23)22(18(13)24)15-8-9(19(25)26)4-5-11(15)20(27)28/h1-8H,(H,25,26)(H,27,28). The minimum Gasteiger partial charge on any atom is -0.478 e. The number of benzene rings is 3. The molecule has 0 aromatic heterocycles. The molecule has 0 spiro atoms. The van der Waals surface area contributed by atoms with Gasteiger partial charge in [0.05, 0.1) is 16.8 Å². The lowest BCUT2D eigenvalue weighted by atomic mass is 9.93. The van der Waals surface area contributed by atoms with Crippen molar-refractivity contribution in [2.75, 3.05) is 4.90 Å². The molecule has 1 aliphatic rings. The van der Waals surface area contributed by atoms with E-state index in [1.54, 1.807) is 30.3 Å². The summed E-state index contributed by atoms with van der Waals surface area (Å²) in [5.41, 5.74) is -0.413. The molecule has 0 radical (unpaired) electrons. The fourth-order valence-electron chi connectivity index (χ4n) is 3.31. The van der Waals surface area contributed by atoms with Crippen LogP contribution in [0.15, 0.2) is 53.0 Å². The molecule has 3 aromatic rings. The molecule has 2 amide bonds. The minimum absolute atomic E-state index is 0.227. The van der Waals surface area contributed by atoms with E-state index in [0.717, 1.165) is 23.1 Å². The lowest BCUT2D eigenvalue weighted by molar-refractivity contribution is 0.0681. The van der Waals surface area contributed by atoms with Crippen molar-refractivity contribution in [3.63, 3.8) is 0 Å². The van der Waals surface area contributed by atoms with Gasteiger partial charge in [0.15, 0.2) is 0 Å². The number of nitrogens with zero attached hydrogens (tertiary/aromatic N) is 1. The smallest absolute Gasteiger partial charge is 0.337 e. The topological polar surface area (TPSA) is 112 Å². The fraction of sp³-hybridized carbons (Fsp3) is 0. The van der Waals surface area contributed by atoms with Crippen molar-refractivity contribution in [1.82, 2.24) is 0 Å². The van der Waals surface area contributed by atoms with Gasteiger partial charge in [-0.15, -0.1) is 0 Å². The zero-order valence-corrected chi connectivity index (χ0v) is 15.6. The summed E-state index contributed by atoms with van der Waals surface area (Å²) in [5, 5.41) is 19.9. The van der Waals surface area contributed by atoms with Crippen LogP contribution in [-0.4, -0.2) is 34.0 Å². The van der Waals surface area contributed by atoms with Gasteiger partial charge in [-0.3, -0.25) is 9.59 Å². The summed E-state index contributed by atoms with van der Waals surface area (Å²) in [6.45, 7) is 0. The Kier molecular flexibility index (Phi) is 4.01. The van der Waals surface area contributed by atoms with Crippen molar-refractivity contribution < 1.29 is 29.4 Å². The summed E-state index contributed by atoms with van der Waals surface area (Å²) in [7, 11) is 0. The highest BCUT2D eigenvalue weighted by Crippen LogP contribution is 2.37. The maximum Gasteiger partial charge on any atom is 0.337 e. The van der Waals surface area contributed by atoms with Crippen LogP contribution in [0, 0.1) is 0 Å². The van der Waals surface area contributed by atoms with Crippen LogP contribution in [0.2, 0.25) is 0 Å². The SMILES string of the molecule is O=C(O)c1ccc(C(=O)O)c(N2C(=O)c3cccc4c(Br)ccc(c34)C2=O)c1. The van der Waals surface area contributed by atoms with E-state index in [9.17, 15) is 29.4 Å². The molecule has 4 rings (SSSR count). The van der Waals surface area contributed by atoms with Gasteiger partial charge in [-0.2, -0.15) is 0 Å².